The third-order valence-corrected chi connectivity index (χ3v) is 3.54. The van der Waals surface area contributed by atoms with Gasteiger partial charge in [0, 0.05) is 22.0 Å². The number of halogens is 2. The van der Waals surface area contributed by atoms with Crippen LogP contribution in [0.25, 0.3) is 0 Å². The first-order valence-electron chi connectivity index (χ1n) is 5.59. The molecule has 0 spiro atoms. The SMILES string of the molecule is CCC(C)(C)C(=O)NCc1ccc(Cl)cc1Cl. The number of hydrogen-bond donors (Lipinski definition) is 1. The van der Waals surface area contributed by atoms with Gasteiger partial charge in [0.15, 0.2) is 0 Å². The zero-order chi connectivity index (χ0) is 13.1. The maximum Gasteiger partial charge on any atom is 0.225 e. The molecule has 0 aliphatic heterocycles. The van der Waals surface area contributed by atoms with Crippen LogP contribution in [0.4, 0.5) is 0 Å². The largest absolute Gasteiger partial charge is 0.352 e. The number of nitrogens with one attached hydrogen (secondary N) is 1. The topological polar surface area (TPSA) is 29.1 Å². The molecule has 0 bridgehead atoms. The van der Waals surface area contributed by atoms with Gasteiger partial charge in [-0.15, -0.1) is 0 Å². The van der Waals surface area contributed by atoms with Gasteiger partial charge in [-0.1, -0.05) is 50.0 Å². The summed E-state index contributed by atoms with van der Waals surface area (Å²) in [5.41, 5.74) is 0.523. The molecule has 4 heteroatoms. The Bertz CT molecular complexity index is 416. The fourth-order valence-corrected chi connectivity index (χ4v) is 1.72. The van der Waals surface area contributed by atoms with Crippen molar-refractivity contribution in [3.63, 3.8) is 0 Å². The third kappa shape index (κ3) is 3.90. The highest BCUT2D eigenvalue weighted by Gasteiger charge is 2.24. The van der Waals surface area contributed by atoms with Gasteiger partial charge in [-0.3, -0.25) is 4.79 Å². The lowest BCUT2D eigenvalue weighted by Crippen LogP contribution is -2.36. The van der Waals surface area contributed by atoms with Crippen molar-refractivity contribution in [1.82, 2.24) is 5.32 Å². The van der Waals surface area contributed by atoms with E-state index in [-0.39, 0.29) is 11.3 Å². The van der Waals surface area contributed by atoms with Gasteiger partial charge in [-0.05, 0) is 24.1 Å². The van der Waals surface area contributed by atoms with E-state index in [2.05, 4.69) is 5.32 Å². The molecule has 0 heterocycles. The van der Waals surface area contributed by atoms with Crippen LogP contribution in [0, 0.1) is 5.41 Å². The highest BCUT2D eigenvalue weighted by Crippen LogP contribution is 2.22. The van der Waals surface area contributed by atoms with Crippen molar-refractivity contribution in [2.24, 2.45) is 5.41 Å². The van der Waals surface area contributed by atoms with Gasteiger partial charge in [-0.25, -0.2) is 0 Å². The van der Waals surface area contributed by atoms with E-state index in [1.807, 2.05) is 26.8 Å². The number of carbonyl (C=O) groups is 1. The van der Waals surface area contributed by atoms with Gasteiger partial charge in [0.05, 0.1) is 0 Å². The van der Waals surface area contributed by atoms with E-state index in [1.165, 1.54) is 0 Å². The molecule has 1 aromatic rings. The maximum absolute atomic E-state index is 11.9. The van der Waals surface area contributed by atoms with Crippen molar-refractivity contribution >= 4 is 29.1 Å². The predicted octanol–water partition coefficient (Wildman–Crippen LogP) is 4.05. The summed E-state index contributed by atoms with van der Waals surface area (Å²) in [6, 6.07) is 5.26. The molecule has 0 radical (unpaired) electrons. The molecule has 0 aromatic heterocycles. The molecule has 0 unspecified atom stereocenters. The van der Waals surface area contributed by atoms with Gasteiger partial charge >= 0.3 is 0 Å². The quantitative estimate of drug-likeness (QED) is 0.881. The molecular weight excluding hydrogens is 257 g/mol. The van der Waals surface area contributed by atoms with Crippen molar-refractivity contribution in [2.45, 2.75) is 33.7 Å². The Morgan fingerprint density at radius 3 is 2.53 bits per heavy atom. The molecule has 1 amide bonds. The molecule has 17 heavy (non-hydrogen) atoms. The van der Waals surface area contributed by atoms with Crippen molar-refractivity contribution in [2.75, 3.05) is 0 Å². The standard InChI is InChI=1S/C13H17Cl2NO/c1-4-13(2,3)12(17)16-8-9-5-6-10(14)7-11(9)15/h5-7H,4,8H2,1-3H3,(H,16,17). The molecule has 0 fully saturated rings. The summed E-state index contributed by atoms with van der Waals surface area (Å²) in [6.45, 7) is 6.27. The van der Waals surface area contributed by atoms with Crippen molar-refractivity contribution in [3.8, 4) is 0 Å². The van der Waals surface area contributed by atoms with Crippen LogP contribution in [0.3, 0.4) is 0 Å². The van der Waals surface area contributed by atoms with Crippen molar-refractivity contribution in [1.29, 1.82) is 0 Å². The molecule has 1 rings (SSSR count). The minimum atomic E-state index is -0.348. The molecule has 1 aromatic carbocycles. The first-order valence-corrected chi connectivity index (χ1v) is 6.34. The van der Waals surface area contributed by atoms with Crippen LogP contribution in [0.15, 0.2) is 18.2 Å². The van der Waals surface area contributed by atoms with Crippen molar-refractivity contribution < 1.29 is 4.79 Å². The fourth-order valence-electron chi connectivity index (χ4n) is 1.24. The summed E-state index contributed by atoms with van der Waals surface area (Å²) in [5, 5.41) is 4.06. The average molecular weight is 274 g/mol. The van der Waals surface area contributed by atoms with Crippen LogP contribution in [0.2, 0.25) is 10.0 Å². The zero-order valence-electron chi connectivity index (χ0n) is 10.3. The number of amides is 1. The fraction of sp³-hybridized carbons (Fsp3) is 0.462. The number of rotatable bonds is 4. The summed E-state index contributed by atoms with van der Waals surface area (Å²) >= 11 is 11.8. The Kier molecular flexibility index (Phi) is 4.84. The van der Waals surface area contributed by atoms with E-state index in [0.717, 1.165) is 12.0 Å². The van der Waals surface area contributed by atoms with Crippen LogP contribution in [-0.4, -0.2) is 5.91 Å². The first-order chi connectivity index (χ1) is 7.86. The van der Waals surface area contributed by atoms with Crippen LogP contribution in [0.5, 0.6) is 0 Å². The second-order valence-electron chi connectivity index (χ2n) is 4.66. The van der Waals surface area contributed by atoms with E-state index in [9.17, 15) is 4.79 Å². The normalized spacial score (nSPS) is 11.4. The minimum absolute atomic E-state index is 0.0333. The molecular formula is C13H17Cl2NO. The Hall–Kier alpha value is -0.730. The number of benzene rings is 1. The molecule has 0 aliphatic carbocycles. The number of carbonyl (C=O) groups excluding carboxylic acids is 1. The van der Waals surface area contributed by atoms with Gasteiger partial charge in [0.2, 0.25) is 5.91 Å². The lowest BCUT2D eigenvalue weighted by molar-refractivity contribution is -0.129. The van der Waals surface area contributed by atoms with E-state index >= 15 is 0 Å². The monoisotopic (exact) mass is 273 g/mol. The van der Waals surface area contributed by atoms with E-state index in [0.29, 0.717) is 16.6 Å². The Morgan fingerprint density at radius 2 is 2.00 bits per heavy atom. The summed E-state index contributed by atoms with van der Waals surface area (Å²) in [4.78, 5) is 11.9. The van der Waals surface area contributed by atoms with Gasteiger partial charge in [0.25, 0.3) is 0 Å². The summed E-state index contributed by atoms with van der Waals surface area (Å²) in [6.07, 6.45) is 0.799. The summed E-state index contributed by atoms with van der Waals surface area (Å²) < 4.78 is 0. The molecule has 94 valence electrons. The average Bonchev–Trinajstić information content (AvgIpc) is 2.27. The lowest BCUT2D eigenvalue weighted by atomic mass is 9.89. The van der Waals surface area contributed by atoms with Crippen LogP contribution < -0.4 is 5.32 Å². The van der Waals surface area contributed by atoms with Gasteiger partial charge in [-0.2, -0.15) is 0 Å². The maximum atomic E-state index is 11.9. The number of hydrogen-bond acceptors (Lipinski definition) is 1. The molecule has 1 N–H and O–H groups in total. The van der Waals surface area contributed by atoms with Gasteiger partial charge < -0.3 is 5.32 Å². The minimum Gasteiger partial charge on any atom is -0.352 e. The van der Waals surface area contributed by atoms with Crippen LogP contribution >= 0.6 is 23.2 Å². The Balaban J connectivity index is 2.65. The molecule has 0 saturated carbocycles. The van der Waals surface area contributed by atoms with Crippen LogP contribution in [0.1, 0.15) is 32.8 Å². The molecule has 0 aliphatic rings. The Morgan fingerprint density at radius 1 is 1.35 bits per heavy atom. The smallest absolute Gasteiger partial charge is 0.225 e. The Labute approximate surface area is 112 Å². The third-order valence-electron chi connectivity index (χ3n) is 2.95. The summed E-state index contributed by atoms with van der Waals surface area (Å²) in [5.74, 6) is 0.0333. The molecule has 0 atom stereocenters. The second-order valence-corrected chi connectivity index (χ2v) is 5.50. The first kappa shape index (κ1) is 14.3. The second kappa shape index (κ2) is 5.74. The van der Waals surface area contributed by atoms with Gasteiger partial charge in [0.1, 0.15) is 0 Å². The van der Waals surface area contributed by atoms with Crippen LogP contribution in [-0.2, 0) is 11.3 Å². The zero-order valence-corrected chi connectivity index (χ0v) is 11.8. The van der Waals surface area contributed by atoms with E-state index in [1.54, 1.807) is 12.1 Å². The highest BCUT2D eigenvalue weighted by molar-refractivity contribution is 6.35. The van der Waals surface area contributed by atoms with E-state index < -0.39 is 0 Å². The van der Waals surface area contributed by atoms with Crippen molar-refractivity contribution in [3.05, 3.63) is 33.8 Å². The molecule has 0 saturated heterocycles. The molecule has 2 nitrogen and oxygen atoms in total. The predicted molar refractivity (Wildman–Crippen MR) is 72.4 cm³/mol. The lowest BCUT2D eigenvalue weighted by Gasteiger charge is -2.21. The summed E-state index contributed by atoms with van der Waals surface area (Å²) in [7, 11) is 0. The van der Waals surface area contributed by atoms with E-state index in [4.69, 9.17) is 23.2 Å². The highest BCUT2D eigenvalue weighted by atomic mass is 35.5.